The molecule has 0 fully saturated rings. The molecule has 8 nitrogen and oxygen atoms in total. The summed E-state index contributed by atoms with van der Waals surface area (Å²) in [6.45, 7) is 1.96. The average Bonchev–Trinajstić information content (AvgIpc) is 3.47. The molecule has 0 saturated carbocycles. The van der Waals surface area contributed by atoms with Crippen LogP contribution in [-0.4, -0.2) is 33.6 Å². The highest BCUT2D eigenvalue weighted by Crippen LogP contribution is 2.43. The number of fused-ring (bicyclic) bond motifs is 1. The summed E-state index contributed by atoms with van der Waals surface area (Å²) in [6.07, 6.45) is 0. The van der Waals surface area contributed by atoms with Crippen LogP contribution in [0.4, 0.5) is 5.95 Å². The number of hydrogen-bond acceptors (Lipinski definition) is 7. The Kier molecular flexibility index (Phi) is 5.45. The molecule has 3 aromatic carbocycles. The zero-order valence-electron chi connectivity index (χ0n) is 17.8. The number of anilines is 1. The third-order valence-corrected chi connectivity index (χ3v) is 6.25. The number of methoxy groups -OCH3 is 1. The summed E-state index contributed by atoms with van der Waals surface area (Å²) in [7, 11) is 1.62. The highest BCUT2D eigenvalue weighted by Gasteiger charge is 2.23. The van der Waals surface area contributed by atoms with E-state index in [2.05, 4.69) is 38.1 Å². The quantitative estimate of drug-likeness (QED) is 0.352. The second-order valence-corrected chi connectivity index (χ2v) is 8.31. The molecule has 5 rings (SSSR count). The molecular weight excluding hydrogens is 438 g/mol. The number of carbonyl (C=O) groups is 1. The van der Waals surface area contributed by atoms with Gasteiger partial charge in [0.1, 0.15) is 16.4 Å². The first kappa shape index (κ1) is 20.7. The Morgan fingerprint density at radius 3 is 2.48 bits per heavy atom. The first-order valence-corrected chi connectivity index (χ1v) is 10.9. The molecule has 0 bridgehead atoms. The van der Waals surface area contributed by atoms with Gasteiger partial charge < -0.3 is 9.47 Å². The maximum atomic E-state index is 13.0. The van der Waals surface area contributed by atoms with Gasteiger partial charge in [0.05, 0.1) is 7.11 Å². The van der Waals surface area contributed by atoms with E-state index < -0.39 is 0 Å². The van der Waals surface area contributed by atoms with Crippen molar-refractivity contribution in [1.29, 1.82) is 0 Å². The Morgan fingerprint density at radius 2 is 1.79 bits per heavy atom. The summed E-state index contributed by atoms with van der Waals surface area (Å²) in [5, 5.41) is 16.8. The molecule has 2 N–H and O–H groups in total. The van der Waals surface area contributed by atoms with E-state index in [1.807, 2.05) is 61.5 Å². The summed E-state index contributed by atoms with van der Waals surface area (Å²) < 4.78 is 12.7. The minimum absolute atomic E-state index is 0.0874. The van der Waals surface area contributed by atoms with E-state index in [0.717, 1.165) is 32.5 Å². The number of nitrogens with one attached hydrogen (secondary N) is 2. The number of aryl methyl sites for hydroxylation is 1. The van der Waals surface area contributed by atoms with Gasteiger partial charge in [-0.3, -0.25) is 10.1 Å². The summed E-state index contributed by atoms with van der Waals surface area (Å²) >= 11 is 1.33. The van der Waals surface area contributed by atoms with E-state index in [4.69, 9.17) is 9.47 Å². The lowest BCUT2D eigenvalue weighted by atomic mass is 10.1. The van der Waals surface area contributed by atoms with E-state index in [1.165, 1.54) is 11.3 Å². The van der Waals surface area contributed by atoms with Crippen LogP contribution in [0.3, 0.4) is 0 Å². The van der Waals surface area contributed by atoms with Gasteiger partial charge in [-0.15, -0.1) is 16.4 Å². The molecule has 0 spiro atoms. The van der Waals surface area contributed by atoms with Gasteiger partial charge in [-0.05, 0) is 53.1 Å². The van der Waals surface area contributed by atoms with E-state index in [9.17, 15) is 4.79 Å². The summed E-state index contributed by atoms with van der Waals surface area (Å²) in [5.41, 5.74) is 3.16. The number of H-pyrrole nitrogens is 1. The monoisotopic (exact) mass is 457 g/mol. The molecule has 2 aromatic heterocycles. The van der Waals surface area contributed by atoms with Gasteiger partial charge in [-0.25, -0.2) is 0 Å². The molecule has 0 atom stereocenters. The number of hydrogen-bond donors (Lipinski definition) is 2. The number of rotatable bonds is 6. The molecule has 0 saturated heterocycles. The number of aromatic amines is 1. The number of thiophene rings is 1. The number of ether oxygens (including phenoxy) is 2. The molecular formula is C24H19N5O3S. The Hall–Kier alpha value is -4.24. The van der Waals surface area contributed by atoms with Gasteiger partial charge >= 0.3 is 0 Å². The number of aromatic nitrogens is 4. The van der Waals surface area contributed by atoms with Crippen LogP contribution in [0.1, 0.15) is 15.2 Å². The molecule has 0 aliphatic rings. The standard InChI is InChI=1S/C24H19N5O3S/c1-14-12-20-18(13-19(14)31-2)21(22(33-20)23(30)25-24-26-28-29-27-24)32-17-10-8-16(9-11-17)15-6-4-3-5-7-15/h3-13H,1-2H3,(H2,25,26,27,28,29,30). The lowest BCUT2D eigenvalue weighted by Gasteiger charge is -2.10. The second-order valence-electron chi connectivity index (χ2n) is 7.26. The van der Waals surface area contributed by atoms with Gasteiger partial charge in [0, 0.05) is 10.1 Å². The maximum Gasteiger partial charge on any atom is 0.272 e. The lowest BCUT2D eigenvalue weighted by Crippen LogP contribution is -2.12. The number of tetrazole rings is 1. The van der Waals surface area contributed by atoms with Crippen molar-refractivity contribution in [2.24, 2.45) is 0 Å². The third-order valence-electron chi connectivity index (χ3n) is 5.12. The average molecular weight is 458 g/mol. The van der Waals surface area contributed by atoms with Crippen molar-refractivity contribution in [3.8, 4) is 28.4 Å². The number of carbonyl (C=O) groups excluding carboxylic acids is 1. The highest BCUT2D eigenvalue weighted by molar-refractivity contribution is 7.21. The van der Waals surface area contributed by atoms with Crippen LogP contribution in [-0.2, 0) is 0 Å². The lowest BCUT2D eigenvalue weighted by molar-refractivity contribution is 0.102. The third kappa shape index (κ3) is 4.13. The van der Waals surface area contributed by atoms with Crippen LogP contribution in [0.2, 0.25) is 0 Å². The second kappa shape index (κ2) is 8.71. The molecule has 33 heavy (non-hydrogen) atoms. The predicted molar refractivity (Wildman–Crippen MR) is 127 cm³/mol. The van der Waals surface area contributed by atoms with E-state index in [-0.39, 0.29) is 11.9 Å². The molecule has 0 unspecified atom stereocenters. The van der Waals surface area contributed by atoms with Crippen LogP contribution in [0, 0.1) is 6.92 Å². The fraction of sp³-hybridized carbons (Fsp3) is 0.0833. The first-order chi connectivity index (χ1) is 16.1. The Morgan fingerprint density at radius 1 is 1.03 bits per heavy atom. The van der Waals surface area contributed by atoms with Crippen molar-refractivity contribution in [3.63, 3.8) is 0 Å². The van der Waals surface area contributed by atoms with Gasteiger partial charge in [0.15, 0.2) is 5.75 Å². The normalized spacial score (nSPS) is 10.8. The van der Waals surface area contributed by atoms with Gasteiger partial charge in [0.25, 0.3) is 11.9 Å². The zero-order valence-corrected chi connectivity index (χ0v) is 18.6. The predicted octanol–water partition coefficient (Wildman–Crippen LogP) is 5.44. The Labute approximate surface area is 193 Å². The number of amides is 1. The van der Waals surface area contributed by atoms with Crippen molar-refractivity contribution in [2.45, 2.75) is 6.92 Å². The van der Waals surface area contributed by atoms with Gasteiger partial charge in [0.2, 0.25) is 0 Å². The molecule has 164 valence electrons. The smallest absolute Gasteiger partial charge is 0.272 e. The molecule has 1 amide bonds. The van der Waals surface area contributed by atoms with Crippen molar-refractivity contribution in [3.05, 3.63) is 77.2 Å². The molecule has 9 heteroatoms. The number of nitrogens with zero attached hydrogens (tertiary/aromatic N) is 3. The van der Waals surface area contributed by atoms with Crippen LogP contribution in [0.15, 0.2) is 66.7 Å². The molecule has 5 aromatic rings. The van der Waals surface area contributed by atoms with E-state index in [1.54, 1.807) is 7.11 Å². The van der Waals surface area contributed by atoms with Crippen LogP contribution >= 0.6 is 11.3 Å². The summed E-state index contributed by atoms with van der Waals surface area (Å²) in [6, 6.07) is 21.7. The van der Waals surface area contributed by atoms with Crippen molar-refractivity contribution in [2.75, 3.05) is 12.4 Å². The fourth-order valence-electron chi connectivity index (χ4n) is 3.51. The van der Waals surface area contributed by atoms with Crippen molar-refractivity contribution >= 4 is 33.3 Å². The van der Waals surface area contributed by atoms with E-state index >= 15 is 0 Å². The highest BCUT2D eigenvalue weighted by atomic mass is 32.1. The first-order valence-electron chi connectivity index (χ1n) is 10.1. The maximum absolute atomic E-state index is 13.0. The molecule has 0 radical (unpaired) electrons. The van der Waals surface area contributed by atoms with Gasteiger partial charge in [-0.1, -0.05) is 47.6 Å². The zero-order chi connectivity index (χ0) is 22.8. The minimum atomic E-state index is -0.384. The SMILES string of the molecule is COc1cc2c(Oc3ccc(-c4ccccc4)cc3)c(C(=O)Nc3nn[nH]n3)sc2cc1C. The van der Waals surface area contributed by atoms with Crippen LogP contribution < -0.4 is 14.8 Å². The number of benzene rings is 3. The summed E-state index contributed by atoms with van der Waals surface area (Å²) in [5.74, 6) is 1.48. The van der Waals surface area contributed by atoms with Crippen LogP contribution in [0.25, 0.3) is 21.2 Å². The molecule has 0 aliphatic heterocycles. The molecule has 2 heterocycles. The van der Waals surface area contributed by atoms with Gasteiger partial charge in [-0.2, -0.15) is 5.21 Å². The topological polar surface area (TPSA) is 102 Å². The Bertz CT molecular complexity index is 1410. The van der Waals surface area contributed by atoms with Crippen molar-refractivity contribution < 1.29 is 14.3 Å². The minimum Gasteiger partial charge on any atom is -0.496 e. The largest absolute Gasteiger partial charge is 0.496 e. The van der Waals surface area contributed by atoms with Crippen molar-refractivity contribution in [1.82, 2.24) is 20.6 Å². The fourth-order valence-corrected chi connectivity index (χ4v) is 4.61. The Balaban J connectivity index is 1.54. The van der Waals surface area contributed by atoms with Crippen LogP contribution in [0.5, 0.6) is 17.2 Å². The van der Waals surface area contributed by atoms with E-state index in [0.29, 0.717) is 16.4 Å². The molecule has 0 aliphatic carbocycles. The summed E-state index contributed by atoms with van der Waals surface area (Å²) in [4.78, 5) is 13.4.